The Bertz CT molecular complexity index is 1120. The second-order valence-electron chi connectivity index (χ2n) is 8.21. The fraction of sp³-hybridized carbons (Fsp3) is 0.269. The van der Waals surface area contributed by atoms with Crippen LogP contribution in [0.2, 0.25) is 0 Å². The molecule has 3 aromatic carbocycles. The number of hydrogen-bond donors (Lipinski definition) is 1. The maximum atomic E-state index is 13.3. The van der Waals surface area contributed by atoms with Crippen molar-refractivity contribution < 1.29 is 23.4 Å². The lowest BCUT2D eigenvalue weighted by molar-refractivity contribution is 0.168. The van der Waals surface area contributed by atoms with Gasteiger partial charge in [-0.2, -0.15) is 0 Å². The Morgan fingerprint density at radius 2 is 1.68 bits per heavy atom. The molecule has 1 saturated heterocycles. The molecule has 1 N–H and O–H groups in total. The topological polar surface area (TPSA) is 63.3 Å². The summed E-state index contributed by atoms with van der Waals surface area (Å²) in [5.41, 5.74) is 2.03. The van der Waals surface area contributed by atoms with Gasteiger partial charge in [-0.3, -0.25) is 4.90 Å². The SMILES string of the molecule is O=C(NCC(c1ccc2c(c1)OCO2)N1CCN(c2ccc(F)cc2)CC1)Oc1ccccc1. The Balaban J connectivity index is 1.28. The highest BCUT2D eigenvalue weighted by Crippen LogP contribution is 2.35. The van der Waals surface area contributed by atoms with Gasteiger partial charge < -0.3 is 24.4 Å². The van der Waals surface area contributed by atoms with Gasteiger partial charge in [0.15, 0.2) is 11.5 Å². The Hall–Kier alpha value is -3.78. The smallest absolute Gasteiger partial charge is 0.412 e. The van der Waals surface area contributed by atoms with Gasteiger partial charge in [-0.05, 0) is 54.1 Å². The highest BCUT2D eigenvalue weighted by atomic mass is 19.1. The second kappa shape index (κ2) is 10.0. The number of amides is 1. The number of rotatable bonds is 6. The van der Waals surface area contributed by atoms with Crippen molar-refractivity contribution in [2.75, 3.05) is 44.4 Å². The van der Waals surface area contributed by atoms with E-state index in [1.807, 2.05) is 36.4 Å². The van der Waals surface area contributed by atoms with Crippen LogP contribution in [0.5, 0.6) is 17.2 Å². The minimum Gasteiger partial charge on any atom is -0.454 e. The lowest BCUT2D eigenvalue weighted by atomic mass is 10.0. The minimum absolute atomic E-state index is 0.0757. The number of benzene rings is 3. The van der Waals surface area contributed by atoms with Crippen LogP contribution in [0.15, 0.2) is 72.8 Å². The van der Waals surface area contributed by atoms with Gasteiger partial charge >= 0.3 is 6.09 Å². The average Bonchev–Trinajstić information content (AvgIpc) is 3.34. The zero-order valence-corrected chi connectivity index (χ0v) is 18.7. The molecule has 2 aliphatic heterocycles. The number of ether oxygens (including phenoxy) is 3. The minimum atomic E-state index is -0.498. The molecule has 7 nitrogen and oxygen atoms in total. The summed E-state index contributed by atoms with van der Waals surface area (Å²) in [5, 5.41) is 2.91. The van der Waals surface area contributed by atoms with Crippen molar-refractivity contribution >= 4 is 11.8 Å². The van der Waals surface area contributed by atoms with Gasteiger partial charge in [-0.15, -0.1) is 0 Å². The van der Waals surface area contributed by atoms with Crippen LogP contribution in [0.4, 0.5) is 14.9 Å². The predicted octanol–water partition coefficient (Wildman–Crippen LogP) is 4.21. The van der Waals surface area contributed by atoms with Gasteiger partial charge in [-0.25, -0.2) is 9.18 Å². The zero-order valence-electron chi connectivity index (χ0n) is 18.7. The first-order chi connectivity index (χ1) is 16.7. The monoisotopic (exact) mass is 463 g/mol. The lowest BCUT2D eigenvalue weighted by Gasteiger charge is -2.40. The average molecular weight is 464 g/mol. The first-order valence-corrected chi connectivity index (χ1v) is 11.3. The van der Waals surface area contributed by atoms with Crippen LogP contribution >= 0.6 is 0 Å². The molecule has 0 spiro atoms. The second-order valence-corrected chi connectivity index (χ2v) is 8.21. The number of nitrogens with one attached hydrogen (secondary N) is 1. The van der Waals surface area contributed by atoms with Crippen molar-refractivity contribution in [2.24, 2.45) is 0 Å². The van der Waals surface area contributed by atoms with Crippen LogP contribution in [-0.2, 0) is 0 Å². The number of anilines is 1. The van der Waals surface area contributed by atoms with Crippen LogP contribution in [-0.4, -0.2) is 50.5 Å². The molecule has 2 heterocycles. The van der Waals surface area contributed by atoms with Crippen LogP contribution in [0, 0.1) is 5.82 Å². The number of fused-ring (bicyclic) bond motifs is 1. The lowest BCUT2D eigenvalue weighted by Crippen LogP contribution is -2.50. The molecule has 8 heteroatoms. The third-order valence-electron chi connectivity index (χ3n) is 6.12. The summed E-state index contributed by atoms with van der Waals surface area (Å²) in [7, 11) is 0. The fourth-order valence-corrected chi connectivity index (χ4v) is 4.33. The van der Waals surface area contributed by atoms with E-state index in [1.165, 1.54) is 12.1 Å². The van der Waals surface area contributed by atoms with E-state index in [2.05, 4.69) is 15.1 Å². The highest BCUT2D eigenvalue weighted by molar-refractivity contribution is 5.70. The number of carbonyl (C=O) groups excluding carboxylic acids is 1. The Morgan fingerprint density at radius 3 is 2.44 bits per heavy atom. The summed E-state index contributed by atoms with van der Waals surface area (Å²) in [6.07, 6.45) is -0.498. The molecule has 34 heavy (non-hydrogen) atoms. The van der Waals surface area contributed by atoms with E-state index in [9.17, 15) is 9.18 Å². The maximum absolute atomic E-state index is 13.3. The molecule has 0 bridgehead atoms. The molecule has 1 fully saturated rings. The first-order valence-electron chi connectivity index (χ1n) is 11.3. The maximum Gasteiger partial charge on any atom is 0.412 e. The molecule has 0 aliphatic carbocycles. The summed E-state index contributed by atoms with van der Waals surface area (Å²) in [6, 6.07) is 21.4. The molecular weight excluding hydrogens is 437 g/mol. The van der Waals surface area contributed by atoms with Crippen LogP contribution in [0.25, 0.3) is 0 Å². The van der Waals surface area contributed by atoms with E-state index in [-0.39, 0.29) is 18.7 Å². The van der Waals surface area contributed by atoms with E-state index < -0.39 is 6.09 Å². The molecule has 2 aliphatic rings. The number of nitrogens with zero attached hydrogens (tertiary/aromatic N) is 2. The van der Waals surface area contributed by atoms with E-state index in [4.69, 9.17) is 14.2 Å². The third-order valence-corrected chi connectivity index (χ3v) is 6.12. The molecule has 1 unspecified atom stereocenters. The van der Waals surface area contributed by atoms with Crippen LogP contribution < -0.4 is 24.4 Å². The summed E-state index contributed by atoms with van der Waals surface area (Å²) < 4.78 is 29.7. The van der Waals surface area contributed by atoms with Gasteiger partial charge in [0.05, 0.1) is 6.04 Å². The Labute approximate surface area is 197 Å². The normalized spacial score (nSPS) is 16.2. The summed E-state index contributed by atoms with van der Waals surface area (Å²) in [5.74, 6) is 1.69. The number of carbonyl (C=O) groups is 1. The quantitative estimate of drug-likeness (QED) is 0.591. The zero-order chi connectivity index (χ0) is 23.3. The van der Waals surface area contributed by atoms with Gasteiger partial charge in [0.2, 0.25) is 6.79 Å². The van der Waals surface area contributed by atoms with Gasteiger partial charge in [0.1, 0.15) is 11.6 Å². The molecule has 5 rings (SSSR count). The van der Waals surface area contributed by atoms with Gasteiger partial charge in [-0.1, -0.05) is 24.3 Å². The van der Waals surface area contributed by atoms with Crippen molar-refractivity contribution in [3.05, 3.63) is 84.2 Å². The van der Waals surface area contributed by atoms with Crippen LogP contribution in [0.1, 0.15) is 11.6 Å². The third kappa shape index (κ3) is 5.07. The van der Waals surface area contributed by atoms with Crippen molar-refractivity contribution in [3.8, 4) is 17.2 Å². The Morgan fingerprint density at radius 1 is 0.941 bits per heavy atom. The van der Waals surface area contributed by atoms with Crippen molar-refractivity contribution in [1.29, 1.82) is 0 Å². The Kier molecular flexibility index (Phi) is 6.49. The summed E-state index contributed by atoms with van der Waals surface area (Å²) in [6.45, 7) is 3.74. The largest absolute Gasteiger partial charge is 0.454 e. The standard InChI is InChI=1S/C26H26FN3O4/c27-20-7-9-21(10-8-20)29-12-14-30(15-13-29)23(19-6-11-24-25(16-19)33-18-32-24)17-28-26(31)34-22-4-2-1-3-5-22/h1-11,16,23H,12-15,17-18H2,(H,28,31). The molecule has 1 atom stereocenters. The summed E-state index contributed by atoms with van der Waals surface area (Å²) >= 11 is 0. The molecule has 3 aromatic rings. The number of para-hydroxylation sites is 1. The highest BCUT2D eigenvalue weighted by Gasteiger charge is 2.27. The van der Waals surface area contributed by atoms with Crippen LogP contribution in [0.3, 0.4) is 0 Å². The predicted molar refractivity (Wildman–Crippen MR) is 126 cm³/mol. The fourth-order valence-electron chi connectivity index (χ4n) is 4.33. The molecule has 176 valence electrons. The molecular formula is C26H26FN3O4. The van der Waals surface area contributed by atoms with E-state index in [1.54, 1.807) is 24.3 Å². The van der Waals surface area contributed by atoms with E-state index in [0.717, 1.165) is 43.2 Å². The summed E-state index contributed by atoms with van der Waals surface area (Å²) in [4.78, 5) is 17.0. The van der Waals surface area contributed by atoms with Crippen molar-refractivity contribution in [1.82, 2.24) is 10.2 Å². The van der Waals surface area contributed by atoms with Crippen molar-refractivity contribution in [2.45, 2.75) is 6.04 Å². The number of hydrogen-bond acceptors (Lipinski definition) is 6. The molecule has 1 amide bonds. The molecule has 0 saturated carbocycles. The van der Waals surface area contributed by atoms with Gasteiger partial charge in [0, 0.05) is 38.4 Å². The van der Waals surface area contributed by atoms with Crippen molar-refractivity contribution in [3.63, 3.8) is 0 Å². The van der Waals surface area contributed by atoms with Gasteiger partial charge in [0.25, 0.3) is 0 Å². The molecule has 0 aromatic heterocycles. The molecule has 0 radical (unpaired) electrons. The van der Waals surface area contributed by atoms with E-state index >= 15 is 0 Å². The first kappa shape index (κ1) is 22.0. The van der Waals surface area contributed by atoms with E-state index in [0.29, 0.717) is 18.0 Å². The number of piperazine rings is 1. The number of halogens is 1.